The van der Waals surface area contributed by atoms with E-state index in [0.29, 0.717) is 13.0 Å². The summed E-state index contributed by atoms with van der Waals surface area (Å²) in [6, 6.07) is 16.8. The van der Waals surface area contributed by atoms with E-state index in [1.54, 1.807) is 0 Å². The van der Waals surface area contributed by atoms with E-state index < -0.39 is 0 Å². The molecule has 0 bridgehead atoms. The number of nitrogens with one attached hydrogen (secondary N) is 2. The van der Waals surface area contributed by atoms with Crippen molar-refractivity contribution >= 4 is 5.91 Å². The Morgan fingerprint density at radius 3 is 2.50 bits per heavy atom. The van der Waals surface area contributed by atoms with Gasteiger partial charge in [0.05, 0.1) is 0 Å². The average molecular weight is 296 g/mol. The molecule has 0 fully saturated rings. The maximum absolute atomic E-state index is 11.8. The van der Waals surface area contributed by atoms with E-state index in [0.717, 1.165) is 18.5 Å². The van der Waals surface area contributed by atoms with Gasteiger partial charge in [-0.25, -0.2) is 0 Å². The summed E-state index contributed by atoms with van der Waals surface area (Å²) in [7, 11) is 1.90. The highest BCUT2D eigenvalue weighted by molar-refractivity contribution is 5.76. The van der Waals surface area contributed by atoms with Crippen LogP contribution in [0, 0.1) is 6.92 Å². The molecule has 2 rings (SSSR count). The van der Waals surface area contributed by atoms with Crippen LogP contribution in [0.15, 0.2) is 48.5 Å². The molecule has 0 spiro atoms. The van der Waals surface area contributed by atoms with Crippen molar-refractivity contribution in [1.82, 2.24) is 10.6 Å². The Labute approximate surface area is 132 Å². The summed E-state index contributed by atoms with van der Waals surface area (Å²) < 4.78 is 0. The molecule has 0 heterocycles. The maximum Gasteiger partial charge on any atom is 0.220 e. The SMILES string of the molecule is CNCCCC(=O)NCc1cccc(-c2cccc(C)c2)c1. The number of amides is 1. The van der Waals surface area contributed by atoms with Crippen LogP contribution >= 0.6 is 0 Å². The highest BCUT2D eigenvalue weighted by Crippen LogP contribution is 2.21. The van der Waals surface area contributed by atoms with Crippen molar-refractivity contribution in [1.29, 1.82) is 0 Å². The van der Waals surface area contributed by atoms with E-state index in [9.17, 15) is 4.79 Å². The smallest absolute Gasteiger partial charge is 0.220 e. The molecule has 2 N–H and O–H groups in total. The Hall–Kier alpha value is -2.13. The van der Waals surface area contributed by atoms with Gasteiger partial charge in [-0.3, -0.25) is 4.79 Å². The summed E-state index contributed by atoms with van der Waals surface area (Å²) in [6.45, 7) is 3.55. The van der Waals surface area contributed by atoms with Crippen LogP contribution in [0.4, 0.5) is 0 Å². The summed E-state index contributed by atoms with van der Waals surface area (Å²) >= 11 is 0. The summed E-state index contributed by atoms with van der Waals surface area (Å²) in [4.78, 5) is 11.8. The van der Waals surface area contributed by atoms with Gasteiger partial charge < -0.3 is 10.6 Å². The van der Waals surface area contributed by atoms with Gasteiger partial charge in [0, 0.05) is 13.0 Å². The molecule has 0 aliphatic heterocycles. The minimum absolute atomic E-state index is 0.108. The monoisotopic (exact) mass is 296 g/mol. The molecule has 0 aliphatic rings. The van der Waals surface area contributed by atoms with Crippen LogP contribution < -0.4 is 10.6 Å². The molecule has 3 heteroatoms. The molecule has 0 saturated carbocycles. The first-order valence-electron chi connectivity index (χ1n) is 7.76. The van der Waals surface area contributed by atoms with Crippen molar-refractivity contribution in [2.75, 3.05) is 13.6 Å². The molecule has 0 aromatic heterocycles. The predicted molar refractivity (Wildman–Crippen MR) is 91.6 cm³/mol. The van der Waals surface area contributed by atoms with Gasteiger partial charge >= 0.3 is 0 Å². The lowest BCUT2D eigenvalue weighted by Crippen LogP contribution is -2.23. The minimum Gasteiger partial charge on any atom is -0.352 e. The first-order chi connectivity index (χ1) is 10.7. The van der Waals surface area contributed by atoms with Crippen molar-refractivity contribution in [3.8, 4) is 11.1 Å². The highest BCUT2D eigenvalue weighted by atomic mass is 16.1. The van der Waals surface area contributed by atoms with E-state index in [1.165, 1.54) is 16.7 Å². The lowest BCUT2D eigenvalue weighted by molar-refractivity contribution is -0.121. The Kier molecular flexibility index (Phi) is 6.16. The van der Waals surface area contributed by atoms with Gasteiger partial charge in [0.25, 0.3) is 0 Å². The standard InChI is InChI=1S/C19H24N2O/c1-15-6-3-8-17(12-15)18-9-4-7-16(13-18)14-21-19(22)10-5-11-20-2/h3-4,6-9,12-13,20H,5,10-11,14H2,1-2H3,(H,21,22). The van der Waals surface area contributed by atoms with Gasteiger partial charge in [-0.2, -0.15) is 0 Å². The van der Waals surface area contributed by atoms with E-state index in [2.05, 4.69) is 54.0 Å². The minimum atomic E-state index is 0.108. The molecule has 0 aliphatic carbocycles. The van der Waals surface area contributed by atoms with Crippen LogP contribution in [0.3, 0.4) is 0 Å². The molecular weight excluding hydrogens is 272 g/mol. The van der Waals surface area contributed by atoms with Gasteiger partial charge in [-0.05, 0) is 49.7 Å². The van der Waals surface area contributed by atoms with Crippen molar-refractivity contribution in [2.45, 2.75) is 26.3 Å². The zero-order valence-corrected chi connectivity index (χ0v) is 13.4. The molecule has 3 nitrogen and oxygen atoms in total. The van der Waals surface area contributed by atoms with E-state index in [-0.39, 0.29) is 5.91 Å². The first-order valence-corrected chi connectivity index (χ1v) is 7.76. The third-order valence-corrected chi connectivity index (χ3v) is 3.60. The van der Waals surface area contributed by atoms with Crippen molar-refractivity contribution in [3.05, 3.63) is 59.7 Å². The number of carbonyl (C=O) groups is 1. The van der Waals surface area contributed by atoms with Crippen molar-refractivity contribution < 1.29 is 4.79 Å². The molecule has 0 saturated heterocycles. The second-order valence-electron chi connectivity index (χ2n) is 5.55. The quantitative estimate of drug-likeness (QED) is 0.770. The Morgan fingerprint density at radius 1 is 1.05 bits per heavy atom. The molecule has 0 atom stereocenters. The summed E-state index contributed by atoms with van der Waals surface area (Å²) in [6.07, 6.45) is 1.43. The largest absolute Gasteiger partial charge is 0.352 e. The van der Waals surface area contributed by atoms with Crippen molar-refractivity contribution in [3.63, 3.8) is 0 Å². The number of benzene rings is 2. The maximum atomic E-state index is 11.8. The third kappa shape index (κ3) is 5.01. The fourth-order valence-corrected chi connectivity index (χ4v) is 2.40. The molecule has 116 valence electrons. The number of hydrogen-bond donors (Lipinski definition) is 2. The van der Waals surface area contributed by atoms with Crippen LogP contribution in [0.25, 0.3) is 11.1 Å². The number of hydrogen-bond acceptors (Lipinski definition) is 2. The van der Waals surface area contributed by atoms with Crippen LogP contribution in [-0.4, -0.2) is 19.5 Å². The van der Waals surface area contributed by atoms with Gasteiger partial charge in [0.2, 0.25) is 5.91 Å². The summed E-state index contributed by atoms with van der Waals surface area (Å²) in [5.41, 5.74) is 4.77. The Morgan fingerprint density at radius 2 is 1.77 bits per heavy atom. The second-order valence-corrected chi connectivity index (χ2v) is 5.55. The van der Waals surface area contributed by atoms with Gasteiger partial charge in [-0.15, -0.1) is 0 Å². The molecule has 0 unspecified atom stereocenters. The van der Waals surface area contributed by atoms with Crippen LogP contribution in [0.5, 0.6) is 0 Å². The Bertz CT molecular complexity index is 622. The predicted octanol–water partition coefficient (Wildman–Crippen LogP) is 3.28. The molecule has 0 radical (unpaired) electrons. The topological polar surface area (TPSA) is 41.1 Å². The molecule has 1 amide bonds. The van der Waals surface area contributed by atoms with Gasteiger partial charge in [-0.1, -0.05) is 48.0 Å². The lowest BCUT2D eigenvalue weighted by atomic mass is 10.0. The van der Waals surface area contributed by atoms with Crippen molar-refractivity contribution in [2.24, 2.45) is 0 Å². The van der Waals surface area contributed by atoms with E-state index in [4.69, 9.17) is 0 Å². The van der Waals surface area contributed by atoms with Crippen LogP contribution in [0.1, 0.15) is 24.0 Å². The zero-order chi connectivity index (χ0) is 15.8. The van der Waals surface area contributed by atoms with Gasteiger partial charge in [0.15, 0.2) is 0 Å². The third-order valence-electron chi connectivity index (χ3n) is 3.60. The fourth-order valence-electron chi connectivity index (χ4n) is 2.40. The number of aryl methyl sites for hydroxylation is 1. The lowest BCUT2D eigenvalue weighted by Gasteiger charge is -2.08. The average Bonchev–Trinajstić information content (AvgIpc) is 2.53. The fraction of sp³-hybridized carbons (Fsp3) is 0.316. The van der Waals surface area contributed by atoms with E-state index in [1.807, 2.05) is 19.2 Å². The number of rotatable bonds is 7. The van der Waals surface area contributed by atoms with E-state index >= 15 is 0 Å². The Balaban J connectivity index is 1.96. The molecule has 2 aromatic rings. The summed E-state index contributed by atoms with van der Waals surface area (Å²) in [5, 5.41) is 6.03. The van der Waals surface area contributed by atoms with Crippen LogP contribution in [0.2, 0.25) is 0 Å². The molecule has 2 aromatic carbocycles. The highest BCUT2D eigenvalue weighted by Gasteiger charge is 2.03. The molecule has 22 heavy (non-hydrogen) atoms. The van der Waals surface area contributed by atoms with Gasteiger partial charge in [0.1, 0.15) is 0 Å². The zero-order valence-electron chi connectivity index (χ0n) is 13.4. The number of carbonyl (C=O) groups excluding carboxylic acids is 1. The molecular formula is C19H24N2O. The first kappa shape index (κ1) is 16.2. The van der Waals surface area contributed by atoms with Crippen LogP contribution in [-0.2, 0) is 11.3 Å². The second kappa shape index (κ2) is 8.35. The summed E-state index contributed by atoms with van der Waals surface area (Å²) in [5.74, 6) is 0.108. The normalized spacial score (nSPS) is 10.5.